The predicted octanol–water partition coefficient (Wildman–Crippen LogP) is 0.191. The summed E-state index contributed by atoms with van der Waals surface area (Å²) in [6.07, 6.45) is -0.0120. The second-order valence-electron chi connectivity index (χ2n) is 1.94. The van der Waals surface area contributed by atoms with Crippen LogP contribution in [0, 0.1) is 0 Å². The molecule has 0 spiro atoms. The highest BCUT2D eigenvalue weighted by atomic mass is 16.3. The average molecular weight is 132 g/mol. The van der Waals surface area contributed by atoms with Gasteiger partial charge in [-0.05, 0) is 6.42 Å². The van der Waals surface area contributed by atoms with E-state index in [0.29, 0.717) is 12.8 Å². The van der Waals surface area contributed by atoms with E-state index < -0.39 is 6.10 Å². The van der Waals surface area contributed by atoms with E-state index in [1.54, 1.807) is 0 Å². The van der Waals surface area contributed by atoms with Gasteiger partial charge >= 0.3 is 0 Å². The molecular formula is C6H12O3. The second-order valence-corrected chi connectivity index (χ2v) is 1.94. The third-order valence-electron chi connectivity index (χ3n) is 0.977. The highest BCUT2D eigenvalue weighted by Gasteiger charge is 2.00. The van der Waals surface area contributed by atoms with Gasteiger partial charge in [-0.25, -0.2) is 0 Å². The highest BCUT2D eigenvalue weighted by molar-refractivity contribution is 4.79. The van der Waals surface area contributed by atoms with E-state index in [4.69, 9.17) is 15.3 Å². The fourth-order valence-corrected chi connectivity index (χ4v) is 0.425. The molecule has 1 atom stereocenters. The summed E-state index contributed by atoms with van der Waals surface area (Å²) in [6, 6.07) is 0. The standard InChI is InChI=1S/C6H12O3/c1-5(8)2-3-6(9)4-7/h6-9H,1-4H2/t6-/m1/s1. The second kappa shape index (κ2) is 4.35. The van der Waals surface area contributed by atoms with Gasteiger partial charge in [-0.3, -0.25) is 0 Å². The molecule has 9 heavy (non-hydrogen) atoms. The van der Waals surface area contributed by atoms with Crippen LogP contribution in [0.1, 0.15) is 12.8 Å². The number of aliphatic hydroxyl groups is 3. The van der Waals surface area contributed by atoms with Crippen molar-refractivity contribution in [1.29, 1.82) is 0 Å². The summed E-state index contributed by atoms with van der Waals surface area (Å²) in [5.74, 6) is 0.0440. The Morgan fingerprint density at radius 2 is 2.11 bits per heavy atom. The first-order chi connectivity index (χ1) is 4.16. The molecule has 0 aliphatic heterocycles. The van der Waals surface area contributed by atoms with E-state index in [-0.39, 0.29) is 12.4 Å². The molecule has 3 N–H and O–H groups in total. The average Bonchev–Trinajstić information content (AvgIpc) is 1.83. The van der Waals surface area contributed by atoms with Crippen molar-refractivity contribution in [3.63, 3.8) is 0 Å². The van der Waals surface area contributed by atoms with Gasteiger partial charge < -0.3 is 15.3 Å². The Balaban J connectivity index is 3.16. The Kier molecular flexibility index (Phi) is 4.09. The maximum absolute atomic E-state index is 8.70. The van der Waals surface area contributed by atoms with Crippen LogP contribution < -0.4 is 0 Å². The first kappa shape index (κ1) is 8.46. The molecule has 0 radical (unpaired) electrons. The highest BCUT2D eigenvalue weighted by Crippen LogP contribution is 2.00. The fourth-order valence-electron chi connectivity index (χ4n) is 0.425. The zero-order valence-electron chi connectivity index (χ0n) is 5.25. The predicted molar refractivity (Wildman–Crippen MR) is 34.1 cm³/mol. The summed E-state index contributed by atoms with van der Waals surface area (Å²) in [7, 11) is 0. The van der Waals surface area contributed by atoms with Crippen molar-refractivity contribution in [1.82, 2.24) is 0 Å². The molecule has 0 aromatic heterocycles. The van der Waals surface area contributed by atoms with E-state index in [9.17, 15) is 0 Å². The lowest BCUT2D eigenvalue weighted by molar-refractivity contribution is 0.0861. The fraction of sp³-hybridized carbons (Fsp3) is 0.667. The Morgan fingerprint density at radius 3 is 2.44 bits per heavy atom. The van der Waals surface area contributed by atoms with E-state index in [2.05, 4.69) is 6.58 Å². The van der Waals surface area contributed by atoms with Gasteiger partial charge in [0.05, 0.1) is 18.5 Å². The van der Waals surface area contributed by atoms with E-state index >= 15 is 0 Å². The number of hydrogen-bond donors (Lipinski definition) is 3. The Labute approximate surface area is 54.3 Å². The molecule has 0 aliphatic carbocycles. The lowest BCUT2D eigenvalue weighted by atomic mass is 10.2. The third-order valence-corrected chi connectivity index (χ3v) is 0.977. The smallest absolute Gasteiger partial charge is 0.0852 e. The third kappa shape index (κ3) is 5.33. The molecule has 0 fully saturated rings. The topological polar surface area (TPSA) is 60.7 Å². The maximum atomic E-state index is 8.70. The lowest BCUT2D eigenvalue weighted by Crippen LogP contribution is -2.11. The largest absolute Gasteiger partial charge is 0.513 e. The van der Waals surface area contributed by atoms with Crippen LogP contribution >= 0.6 is 0 Å². The summed E-state index contributed by atoms with van der Waals surface area (Å²) < 4.78 is 0. The zero-order chi connectivity index (χ0) is 7.28. The van der Waals surface area contributed by atoms with Gasteiger partial charge in [0.1, 0.15) is 0 Å². The van der Waals surface area contributed by atoms with Crippen molar-refractivity contribution >= 4 is 0 Å². The van der Waals surface area contributed by atoms with Gasteiger partial charge in [-0.15, -0.1) is 0 Å². The Hall–Kier alpha value is -0.540. The number of aliphatic hydroxyl groups excluding tert-OH is 3. The van der Waals surface area contributed by atoms with Crippen LogP contribution in [0.15, 0.2) is 12.3 Å². The summed E-state index contributed by atoms with van der Waals surface area (Å²) in [5, 5.41) is 25.5. The van der Waals surface area contributed by atoms with Crippen LogP contribution in [-0.4, -0.2) is 28.0 Å². The minimum atomic E-state index is -0.728. The van der Waals surface area contributed by atoms with Crippen molar-refractivity contribution in [2.75, 3.05) is 6.61 Å². The lowest BCUT2D eigenvalue weighted by Gasteiger charge is -2.03. The first-order valence-electron chi connectivity index (χ1n) is 2.82. The molecule has 0 amide bonds. The summed E-state index contributed by atoms with van der Waals surface area (Å²) in [4.78, 5) is 0. The molecule has 3 heteroatoms. The molecule has 0 heterocycles. The maximum Gasteiger partial charge on any atom is 0.0852 e. The van der Waals surface area contributed by atoms with Crippen LogP contribution in [0.4, 0.5) is 0 Å². The molecule has 0 saturated carbocycles. The SMILES string of the molecule is C=C(O)CC[C@@H](O)CO. The molecule has 0 rings (SSSR count). The molecule has 0 aromatic rings. The molecule has 0 unspecified atom stereocenters. The quantitative estimate of drug-likeness (QED) is 0.478. The molecule has 0 aromatic carbocycles. The van der Waals surface area contributed by atoms with Crippen molar-refractivity contribution in [2.45, 2.75) is 18.9 Å². The van der Waals surface area contributed by atoms with Gasteiger partial charge in [0, 0.05) is 6.42 Å². The van der Waals surface area contributed by atoms with Crippen LogP contribution in [0.2, 0.25) is 0 Å². The molecule has 0 aliphatic rings. The summed E-state index contributed by atoms with van der Waals surface area (Å²) in [6.45, 7) is 2.97. The monoisotopic (exact) mass is 132 g/mol. The number of allylic oxidation sites excluding steroid dienone is 1. The van der Waals surface area contributed by atoms with E-state index in [1.165, 1.54) is 0 Å². The number of hydrogen-bond acceptors (Lipinski definition) is 3. The van der Waals surface area contributed by atoms with Crippen LogP contribution in [0.25, 0.3) is 0 Å². The number of rotatable bonds is 4. The van der Waals surface area contributed by atoms with Gasteiger partial charge in [0.2, 0.25) is 0 Å². The van der Waals surface area contributed by atoms with Gasteiger partial charge in [-0.1, -0.05) is 6.58 Å². The van der Waals surface area contributed by atoms with Crippen molar-refractivity contribution in [2.24, 2.45) is 0 Å². The normalized spacial score (nSPS) is 13.1. The minimum Gasteiger partial charge on any atom is -0.513 e. The molecule has 0 bridgehead atoms. The van der Waals surface area contributed by atoms with Gasteiger partial charge in [-0.2, -0.15) is 0 Å². The van der Waals surface area contributed by atoms with Crippen LogP contribution in [-0.2, 0) is 0 Å². The van der Waals surface area contributed by atoms with Crippen molar-refractivity contribution in [3.8, 4) is 0 Å². The summed E-state index contributed by atoms with van der Waals surface area (Å²) >= 11 is 0. The molecular weight excluding hydrogens is 120 g/mol. The Morgan fingerprint density at radius 1 is 1.56 bits per heavy atom. The van der Waals surface area contributed by atoms with E-state index in [1.807, 2.05) is 0 Å². The molecule has 3 nitrogen and oxygen atoms in total. The minimum absolute atomic E-state index is 0.0440. The Bertz CT molecular complexity index is 90.3. The van der Waals surface area contributed by atoms with Crippen molar-refractivity contribution in [3.05, 3.63) is 12.3 Å². The molecule has 0 saturated heterocycles. The van der Waals surface area contributed by atoms with Gasteiger partial charge in [0.15, 0.2) is 0 Å². The van der Waals surface area contributed by atoms with Crippen LogP contribution in [0.5, 0.6) is 0 Å². The van der Waals surface area contributed by atoms with Crippen LogP contribution in [0.3, 0.4) is 0 Å². The first-order valence-corrected chi connectivity index (χ1v) is 2.82. The van der Waals surface area contributed by atoms with Crippen molar-refractivity contribution < 1.29 is 15.3 Å². The van der Waals surface area contributed by atoms with E-state index in [0.717, 1.165) is 0 Å². The summed E-state index contributed by atoms with van der Waals surface area (Å²) in [5.41, 5.74) is 0. The van der Waals surface area contributed by atoms with Gasteiger partial charge in [0.25, 0.3) is 0 Å². The molecule has 54 valence electrons. The zero-order valence-corrected chi connectivity index (χ0v) is 5.25.